The zero-order valence-electron chi connectivity index (χ0n) is 28.1. The van der Waals surface area contributed by atoms with Gasteiger partial charge in [-0.1, -0.05) is 34.6 Å². The summed E-state index contributed by atoms with van der Waals surface area (Å²) in [5.74, 6) is 3.12. The Hall–Kier alpha value is -0.250. The molecule has 4 N–H and O–H groups in total. The molecule has 0 radical (unpaired) electrons. The lowest BCUT2D eigenvalue weighted by atomic mass is 9.43. The van der Waals surface area contributed by atoms with Crippen LogP contribution in [-0.4, -0.2) is 79.6 Å². The molecule has 4 saturated carbocycles. The van der Waals surface area contributed by atoms with Crippen LogP contribution in [0.25, 0.3) is 0 Å². The molecule has 11 atom stereocenters. The van der Waals surface area contributed by atoms with E-state index in [0.29, 0.717) is 53.4 Å². The molecular formula is C35H65N3O4S. The number of fused-ring (bicyclic) bond motifs is 5. The van der Waals surface area contributed by atoms with Gasteiger partial charge in [-0.15, -0.1) is 0 Å². The first-order chi connectivity index (χ1) is 20.3. The second-order valence-corrected chi connectivity index (χ2v) is 18.2. The molecule has 5 rings (SSSR count). The summed E-state index contributed by atoms with van der Waals surface area (Å²) >= 11 is 0. The predicted octanol–water partition coefficient (Wildman–Crippen LogP) is 5.59. The Labute approximate surface area is 263 Å². The van der Waals surface area contributed by atoms with Crippen LogP contribution < -0.4 is 10.6 Å². The van der Waals surface area contributed by atoms with Crippen molar-refractivity contribution in [2.24, 2.45) is 52.3 Å². The Morgan fingerprint density at radius 2 is 1.70 bits per heavy atom. The van der Waals surface area contributed by atoms with Crippen LogP contribution in [0, 0.1) is 52.3 Å². The average molecular weight is 624 g/mol. The second kappa shape index (κ2) is 13.9. The van der Waals surface area contributed by atoms with E-state index in [2.05, 4.69) is 36.3 Å². The molecule has 0 amide bonds. The van der Waals surface area contributed by atoms with Crippen molar-refractivity contribution >= 4 is 10.1 Å². The normalized spacial score (nSPS) is 42.1. The van der Waals surface area contributed by atoms with Crippen LogP contribution >= 0.6 is 0 Å². The molecule has 0 aromatic rings. The van der Waals surface area contributed by atoms with Gasteiger partial charge in [-0.25, -0.2) is 0 Å². The minimum Gasteiger partial charge on any atom is -0.393 e. The predicted molar refractivity (Wildman–Crippen MR) is 176 cm³/mol. The lowest BCUT2D eigenvalue weighted by molar-refractivity contribution is -0.167. The second-order valence-electron chi connectivity index (χ2n) is 16.6. The summed E-state index contributed by atoms with van der Waals surface area (Å²) in [6.07, 6.45) is 13.3. The van der Waals surface area contributed by atoms with E-state index in [0.717, 1.165) is 32.5 Å². The number of nitrogens with zero attached hydrogens (tertiary/aromatic N) is 1. The van der Waals surface area contributed by atoms with E-state index < -0.39 is 15.4 Å². The van der Waals surface area contributed by atoms with Gasteiger partial charge in [0.1, 0.15) is 0 Å². The summed E-state index contributed by atoms with van der Waals surface area (Å²) in [5.41, 5.74) is 0.560. The lowest BCUT2D eigenvalue weighted by Crippen LogP contribution is -2.59. The zero-order valence-corrected chi connectivity index (χ0v) is 28.9. The maximum absolute atomic E-state index is 12.0. The molecule has 0 aromatic carbocycles. The van der Waals surface area contributed by atoms with E-state index in [1.807, 2.05) is 13.8 Å². The fourth-order valence-corrected chi connectivity index (χ4v) is 12.7. The third kappa shape index (κ3) is 7.20. The molecule has 1 saturated heterocycles. The van der Waals surface area contributed by atoms with Gasteiger partial charge in [0, 0.05) is 19.1 Å². The first-order valence-corrected chi connectivity index (χ1v) is 19.7. The van der Waals surface area contributed by atoms with Gasteiger partial charge in [0.2, 0.25) is 0 Å². The van der Waals surface area contributed by atoms with Crippen molar-refractivity contribution in [2.75, 3.05) is 39.3 Å². The number of rotatable bonds is 11. The Morgan fingerprint density at radius 3 is 2.44 bits per heavy atom. The monoisotopic (exact) mass is 623 g/mol. The molecule has 5 aliphatic rings. The van der Waals surface area contributed by atoms with Gasteiger partial charge in [-0.05, 0) is 155 Å². The van der Waals surface area contributed by atoms with Gasteiger partial charge in [-0.3, -0.25) is 4.55 Å². The molecule has 0 bridgehead atoms. The van der Waals surface area contributed by atoms with Gasteiger partial charge in [0.15, 0.2) is 0 Å². The maximum atomic E-state index is 12.0. The molecule has 43 heavy (non-hydrogen) atoms. The Balaban J connectivity index is 1.16. The van der Waals surface area contributed by atoms with E-state index >= 15 is 0 Å². The number of aliphatic hydroxyl groups excluding tert-OH is 1. The zero-order chi connectivity index (χ0) is 31.0. The molecule has 0 spiro atoms. The fourth-order valence-electron chi connectivity index (χ4n) is 11.6. The first kappa shape index (κ1) is 34.1. The first-order valence-electron chi connectivity index (χ1n) is 18.2. The highest BCUT2D eigenvalue weighted by Gasteiger charge is 2.62. The van der Waals surface area contributed by atoms with Crippen molar-refractivity contribution in [3.63, 3.8) is 0 Å². The van der Waals surface area contributed by atoms with Crippen LogP contribution in [-0.2, 0) is 10.1 Å². The molecule has 7 nitrogen and oxygen atoms in total. The van der Waals surface area contributed by atoms with Gasteiger partial charge in [-0.2, -0.15) is 8.42 Å². The summed E-state index contributed by atoms with van der Waals surface area (Å²) in [6, 6.07) is 0.593. The summed E-state index contributed by atoms with van der Waals surface area (Å²) in [6.45, 7) is 18.2. The van der Waals surface area contributed by atoms with Crippen molar-refractivity contribution in [1.29, 1.82) is 0 Å². The SMILES string of the molecule is CC(C)[C@@H](CC[C@@H](C)[C@H]1CCC2C3C(CC[C@@]21C)[C@@]1(C)CC[C@H](NCCCN2CCCNCC2)C[C@H]1C[C@H]3O)S(=O)(=O)O. The number of hydrogen-bond acceptors (Lipinski definition) is 6. The van der Waals surface area contributed by atoms with Crippen LogP contribution in [0.5, 0.6) is 0 Å². The summed E-state index contributed by atoms with van der Waals surface area (Å²) in [4.78, 5) is 2.62. The maximum Gasteiger partial charge on any atom is 0.268 e. The number of aliphatic hydroxyl groups is 1. The van der Waals surface area contributed by atoms with E-state index in [1.165, 1.54) is 77.4 Å². The van der Waals surface area contributed by atoms with Crippen LogP contribution in [0.2, 0.25) is 0 Å². The van der Waals surface area contributed by atoms with E-state index in [-0.39, 0.29) is 17.4 Å². The minimum absolute atomic E-state index is 0.0807. The molecule has 4 aliphatic carbocycles. The topological polar surface area (TPSA) is 102 Å². The molecule has 1 aliphatic heterocycles. The smallest absolute Gasteiger partial charge is 0.268 e. The van der Waals surface area contributed by atoms with Gasteiger partial charge in [0.25, 0.3) is 10.1 Å². The van der Waals surface area contributed by atoms with E-state index in [9.17, 15) is 18.1 Å². The molecule has 8 heteroatoms. The number of nitrogens with one attached hydrogen (secondary N) is 2. The molecular weight excluding hydrogens is 558 g/mol. The number of hydrogen-bond donors (Lipinski definition) is 4. The largest absolute Gasteiger partial charge is 0.393 e. The molecule has 0 aromatic heterocycles. The van der Waals surface area contributed by atoms with Gasteiger partial charge < -0.3 is 20.6 Å². The van der Waals surface area contributed by atoms with Crippen molar-refractivity contribution in [1.82, 2.24) is 15.5 Å². The van der Waals surface area contributed by atoms with E-state index in [1.54, 1.807) is 0 Å². The molecule has 250 valence electrons. The average Bonchev–Trinajstić information content (AvgIpc) is 3.09. The standard InChI is InChI=1S/C35H65N3O4S/c1-24(2)32(43(40,41)42)11-8-25(3)28-9-10-29-33-30(13-15-35(28,29)5)34(4)14-12-27(22-26(34)23-31(33)39)37-17-7-20-38-19-6-16-36-18-21-38/h24-33,36-37,39H,6-23H2,1-5H3,(H,40,41,42)/t25-,26+,27+,28-,29?,30?,31-,32-,33?,34+,35-/m1/s1. The summed E-state index contributed by atoms with van der Waals surface area (Å²) in [7, 11) is -4.02. The third-order valence-corrected chi connectivity index (χ3v) is 15.5. The Bertz CT molecular complexity index is 1020. The van der Waals surface area contributed by atoms with Crippen molar-refractivity contribution in [3.05, 3.63) is 0 Å². The van der Waals surface area contributed by atoms with Crippen LogP contribution in [0.3, 0.4) is 0 Å². The molecule has 1 heterocycles. The summed E-state index contributed by atoms with van der Waals surface area (Å²) < 4.78 is 33.8. The highest BCUT2D eigenvalue weighted by Crippen LogP contribution is 2.68. The Morgan fingerprint density at radius 1 is 0.953 bits per heavy atom. The highest BCUT2D eigenvalue weighted by molar-refractivity contribution is 7.86. The molecule has 5 fully saturated rings. The van der Waals surface area contributed by atoms with Crippen LogP contribution in [0.1, 0.15) is 112 Å². The van der Waals surface area contributed by atoms with Gasteiger partial charge >= 0.3 is 0 Å². The van der Waals surface area contributed by atoms with Crippen LogP contribution in [0.4, 0.5) is 0 Å². The minimum atomic E-state index is -4.02. The Kier molecular flexibility index (Phi) is 11.0. The quantitative estimate of drug-likeness (QED) is 0.176. The third-order valence-electron chi connectivity index (χ3n) is 14.0. The molecule has 3 unspecified atom stereocenters. The summed E-state index contributed by atoms with van der Waals surface area (Å²) in [5, 5.41) is 18.6. The van der Waals surface area contributed by atoms with Crippen molar-refractivity contribution in [3.8, 4) is 0 Å². The highest BCUT2D eigenvalue weighted by atomic mass is 32.2. The fraction of sp³-hybridized carbons (Fsp3) is 1.00. The van der Waals surface area contributed by atoms with Crippen LogP contribution in [0.15, 0.2) is 0 Å². The van der Waals surface area contributed by atoms with Crippen molar-refractivity contribution in [2.45, 2.75) is 129 Å². The van der Waals surface area contributed by atoms with E-state index in [4.69, 9.17) is 0 Å². The lowest BCUT2D eigenvalue weighted by Gasteiger charge is -2.62. The van der Waals surface area contributed by atoms with Crippen molar-refractivity contribution < 1.29 is 18.1 Å². The van der Waals surface area contributed by atoms with Gasteiger partial charge in [0.05, 0.1) is 11.4 Å².